The lowest BCUT2D eigenvalue weighted by Gasteiger charge is -2.24. The highest BCUT2D eigenvalue weighted by atomic mass is 32.1. The molecular weight excluding hydrogens is 360 g/mol. The van der Waals surface area contributed by atoms with Gasteiger partial charge in [-0.3, -0.25) is 9.59 Å². The van der Waals surface area contributed by atoms with Crippen molar-refractivity contribution in [1.29, 1.82) is 0 Å². The van der Waals surface area contributed by atoms with E-state index in [1.807, 2.05) is 36.6 Å². The van der Waals surface area contributed by atoms with Crippen LogP contribution in [0.2, 0.25) is 0 Å². The van der Waals surface area contributed by atoms with Gasteiger partial charge in [-0.25, -0.2) is 0 Å². The number of benzene rings is 1. The summed E-state index contributed by atoms with van der Waals surface area (Å²) in [5, 5.41) is 2.52. The molecule has 1 amide bonds. The third-order valence-electron chi connectivity index (χ3n) is 5.01. The fourth-order valence-corrected chi connectivity index (χ4v) is 4.56. The molecule has 6 heteroatoms. The molecule has 3 aromatic rings. The minimum Gasteiger partial charge on any atom is -0.450 e. The molecule has 1 atom stereocenters. The number of carbonyl (C=O) groups is 1. The normalized spacial score (nSPS) is 16.5. The molecule has 2 aromatic heterocycles. The van der Waals surface area contributed by atoms with Gasteiger partial charge in [-0.05, 0) is 30.5 Å². The maximum atomic E-state index is 13.3. The second kappa shape index (κ2) is 6.94. The molecule has 0 saturated carbocycles. The summed E-state index contributed by atoms with van der Waals surface area (Å²) < 4.78 is 5.95. The molecule has 1 N–H and O–H groups in total. The molecular formula is C21H23N2O3S+. The quantitative estimate of drug-likeness (QED) is 0.735. The lowest BCUT2D eigenvalue weighted by molar-refractivity contribution is -0.858. The van der Waals surface area contributed by atoms with Crippen LogP contribution in [0.4, 0.5) is 0 Å². The summed E-state index contributed by atoms with van der Waals surface area (Å²) in [5.74, 6) is 0.0173. The number of hydrogen-bond donors (Lipinski definition) is 1. The predicted octanol–water partition coefficient (Wildman–Crippen LogP) is 2.24. The Balaban J connectivity index is 1.86. The van der Waals surface area contributed by atoms with E-state index in [1.54, 1.807) is 22.3 Å². The molecule has 0 unspecified atom stereocenters. The molecule has 0 radical (unpaired) electrons. The third-order valence-corrected chi connectivity index (χ3v) is 5.93. The van der Waals surface area contributed by atoms with Crippen molar-refractivity contribution in [3.8, 4) is 0 Å². The number of nitrogens with one attached hydrogen (secondary N) is 1. The molecule has 4 rings (SSSR count). The molecule has 1 aliphatic rings. The van der Waals surface area contributed by atoms with E-state index in [1.165, 1.54) is 4.90 Å². The Labute approximate surface area is 161 Å². The van der Waals surface area contributed by atoms with Crippen molar-refractivity contribution in [1.82, 2.24) is 4.90 Å². The van der Waals surface area contributed by atoms with Crippen molar-refractivity contribution >= 4 is 28.2 Å². The van der Waals surface area contributed by atoms with Gasteiger partial charge in [0.1, 0.15) is 5.58 Å². The van der Waals surface area contributed by atoms with E-state index in [4.69, 9.17) is 4.42 Å². The summed E-state index contributed by atoms with van der Waals surface area (Å²) >= 11 is 1.57. The average molecular weight is 383 g/mol. The minimum absolute atomic E-state index is 0.0950. The van der Waals surface area contributed by atoms with Crippen LogP contribution in [0.5, 0.6) is 0 Å². The summed E-state index contributed by atoms with van der Waals surface area (Å²) in [4.78, 5) is 30.6. The third kappa shape index (κ3) is 3.09. The Hall–Kier alpha value is -2.44. The average Bonchev–Trinajstić information content (AvgIpc) is 3.24. The summed E-state index contributed by atoms with van der Waals surface area (Å²) in [5.41, 5.74) is 1.86. The Morgan fingerprint density at radius 3 is 2.74 bits per heavy atom. The summed E-state index contributed by atoms with van der Waals surface area (Å²) in [7, 11) is 4.19. The zero-order chi connectivity index (χ0) is 19.1. The summed E-state index contributed by atoms with van der Waals surface area (Å²) in [6, 6.07) is 9.10. The second-order valence-corrected chi connectivity index (χ2v) is 8.38. The summed E-state index contributed by atoms with van der Waals surface area (Å²) in [6.07, 6.45) is 0.872. The van der Waals surface area contributed by atoms with Crippen LogP contribution in [0, 0.1) is 6.92 Å². The van der Waals surface area contributed by atoms with Crippen LogP contribution in [0.3, 0.4) is 0 Å². The first kappa shape index (κ1) is 17.9. The van der Waals surface area contributed by atoms with Crippen LogP contribution in [-0.4, -0.2) is 38.0 Å². The number of nitrogens with zero attached hydrogens (tertiary/aromatic N) is 1. The van der Waals surface area contributed by atoms with E-state index in [9.17, 15) is 9.59 Å². The molecule has 1 aromatic carbocycles. The van der Waals surface area contributed by atoms with Crippen molar-refractivity contribution in [2.75, 3.05) is 27.2 Å². The lowest BCUT2D eigenvalue weighted by Crippen LogP contribution is -3.05. The van der Waals surface area contributed by atoms with Gasteiger partial charge in [-0.15, -0.1) is 11.3 Å². The van der Waals surface area contributed by atoms with Gasteiger partial charge >= 0.3 is 0 Å². The van der Waals surface area contributed by atoms with Crippen LogP contribution in [0.25, 0.3) is 11.0 Å². The van der Waals surface area contributed by atoms with Gasteiger partial charge < -0.3 is 14.2 Å². The molecule has 0 bridgehead atoms. The monoisotopic (exact) mass is 383 g/mol. The fraction of sp³-hybridized carbons (Fsp3) is 0.333. The number of quaternary nitrogens is 1. The van der Waals surface area contributed by atoms with Crippen molar-refractivity contribution in [2.24, 2.45) is 0 Å². The highest BCUT2D eigenvalue weighted by molar-refractivity contribution is 7.10. The highest BCUT2D eigenvalue weighted by Crippen LogP contribution is 2.39. The van der Waals surface area contributed by atoms with Crippen LogP contribution < -0.4 is 10.3 Å². The van der Waals surface area contributed by atoms with E-state index < -0.39 is 0 Å². The van der Waals surface area contributed by atoms with E-state index in [2.05, 4.69) is 14.1 Å². The summed E-state index contributed by atoms with van der Waals surface area (Å²) in [6.45, 7) is 3.51. The molecule has 27 heavy (non-hydrogen) atoms. The van der Waals surface area contributed by atoms with Gasteiger partial charge in [0.05, 0.1) is 37.6 Å². The number of fused-ring (bicyclic) bond motifs is 2. The minimum atomic E-state index is -0.356. The molecule has 0 saturated heterocycles. The number of aryl methyl sites for hydroxylation is 1. The van der Waals surface area contributed by atoms with Crippen molar-refractivity contribution in [2.45, 2.75) is 19.4 Å². The van der Waals surface area contributed by atoms with Gasteiger partial charge in [-0.2, -0.15) is 0 Å². The maximum absolute atomic E-state index is 13.3. The zero-order valence-corrected chi connectivity index (χ0v) is 16.6. The Morgan fingerprint density at radius 1 is 1.22 bits per heavy atom. The first-order valence-corrected chi connectivity index (χ1v) is 10.1. The molecule has 5 nitrogen and oxygen atoms in total. The van der Waals surface area contributed by atoms with Crippen molar-refractivity contribution < 1.29 is 14.1 Å². The Morgan fingerprint density at radius 2 is 2.04 bits per heavy atom. The zero-order valence-electron chi connectivity index (χ0n) is 15.7. The second-order valence-electron chi connectivity index (χ2n) is 7.40. The standard InChI is InChI=1S/C21H22N2O3S/c1-13-7-8-15-14(12-13)19(24)17-18(16-6-4-11-27-16)23(10-5-9-22(2)3)21(25)20(17)26-15/h4,6-8,11-12,18H,5,9-10H2,1-3H3/p+1/t18-/m1/s1. The van der Waals surface area contributed by atoms with Gasteiger partial charge in [0.2, 0.25) is 5.76 Å². The van der Waals surface area contributed by atoms with Crippen molar-refractivity contribution in [3.63, 3.8) is 0 Å². The first-order valence-electron chi connectivity index (χ1n) is 9.18. The SMILES string of the molecule is Cc1ccc2oc3c(c(=O)c2c1)[C@@H](c1cccs1)N(CCC[NH+](C)C)C3=O. The number of thiophene rings is 1. The first-order chi connectivity index (χ1) is 13.0. The van der Waals surface area contributed by atoms with Gasteiger partial charge in [-0.1, -0.05) is 17.7 Å². The number of amides is 1. The number of hydrogen-bond acceptors (Lipinski definition) is 4. The number of rotatable bonds is 5. The van der Waals surface area contributed by atoms with Crippen LogP contribution in [-0.2, 0) is 0 Å². The van der Waals surface area contributed by atoms with E-state index in [0.29, 0.717) is 23.1 Å². The van der Waals surface area contributed by atoms with Crippen LogP contribution in [0.15, 0.2) is 44.9 Å². The van der Waals surface area contributed by atoms with Gasteiger partial charge in [0.25, 0.3) is 5.91 Å². The molecule has 0 spiro atoms. The van der Waals surface area contributed by atoms with E-state index in [-0.39, 0.29) is 23.1 Å². The topological polar surface area (TPSA) is 55.0 Å². The van der Waals surface area contributed by atoms with E-state index in [0.717, 1.165) is 23.4 Å². The Kier molecular flexibility index (Phi) is 4.61. The fourth-order valence-electron chi connectivity index (χ4n) is 3.71. The molecule has 0 aliphatic carbocycles. The number of carbonyl (C=O) groups excluding carboxylic acids is 1. The van der Waals surface area contributed by atoms with E-state index >= 15 is 0 Å². The lowest BCUT2D eigenvalue weighted by atomic mass is 10.0. The van der Waals surface area contributed by atoms with Gasteiger partial charge in [0.15, 0.2) is 5.43 Å². The largest absolute Gasteiger partial charge is 0.450 e. The van der Waals surface area contributed by atoms with Gasteiger partial charge in [0, 0.05) is 17.8 Å². The Bertz CT molecular complexity index is 1050. The maximum Gasteiger partial charge on any atom is 0.290 e. The molecule has 140 valence electrons. The smallest absolute Gasteiger partial charge is 0.290 e. The molecule has 1 aliphatic heterocycles. The van der Waals surface area contributed by atoms with Crippen LogP contribution in [0.1, 0.15) is 39.0 Å². The predicted molar refractivity (Wildman–Crippen MR) is 107 cm³/mol. The van der Waals surface area contributed by atoms with Crippen molar-refractivity contribution in [3.05, 3.63) is 67.7 Å². The molecule has 3 heterocycles. The van der Waals surface area contributed by atoms with Crippen LogP contribution >= 0.6 is 11.3 Å². The molecule has 0 fully saturated rings. The highest BCUT2D eigenvalue weighted by Gasteiger charge is 2.42.